The minimum atomic E-state index is 0.132. The van der Waals surface area contributed by atoms with E-state index in [1.165, 1.54) is 0 Å². The molecular formula is C14H15ClN6. The molecule has 0 radical (unpaired) electrons. The average molecular weight is 303 g/mol. The number of benzene rings is 1. The number of aromatic nitrogens is 3. The van der Waals surface area contributed by atoms with E-state index < -0.39 is 0 Å². The second kappa shape index (κ2) is 7.41. The van der Waals surface area contributed by atoms with Crippen LogP contribution >= 0.6 is 11.6 Å². The van der Waals surface area contributed by atoms with Crippen molar-refractivity contribution in [3.8, 4) is 6.07 Å². The topological polar surface area (TPSA) is 86.5 Å². The lowest BCUT2D eigenvalue weighted by molar-refractivity contribution is 0.940. The molecule has 108 valence electrons. The zero-order valence-corrected chi connectivity index (χ0v) is 12.4. The van der Waals surface area contributed by atoms with Gasteiger partial charge in [0.2, 0.25) is 17.2 Å². The van der Waals surface area contributed by atoms with Crippen molar-refractivity contribution in [3.63, 3.8) is 0 Å². The third-order valence-corrected chi connectivity index (χ3v) is 2.80. The average Bonchev–Trinajstić information content (AvgIpc) is 2.47. The first-order valence-corrected chi connectivity index (χ1v) is 6.97. The number of hydrogen-bond acceptors (Lipinski definition) is 6. The number of halogens is 1. The Hall–Kier alpha value is -2.39. The molecule has 2 aromatic rings. The highest BCUT2D eigenvalue weighted by Gasteiger charge is 2.05. The summed E-state index contributed by atoms with van der Waals surface area (Å²) >= 11 is 5.88. The van der Waals surface area contributed by atoms with E-state index in [2.05, 4.69) is 38.6 Å². The number of anilines is 3. The summed E-state index contributed by atoms with van der Waals surface area (Å²) in [7, 11) is 0. The number of hydrogen-bond donors (Lipinski definition) is 2. The zero-order valence-electron chi connectivity index (χ0n) is 11.6. The van der Waals surface area contributed by atoms with E-state index in [4.69, 9.17) is 16.9 Å². The van der Waals surface area contributed by atoms with Crippen LogP contribution in [-0.4, -0.2) is 21.5 Å². The van der Waals surface area contributed by atoms with Gasteiger partial charge in [0.25, 0.3) is 0 Å². The van der Waals surface area contributed by atoms with Crippen LogP contribution in [0.5, 0.6) is 0 Å². The quantitative estimate of drug-likeness (QED) is 0.852. The Balaban J connectivity index is 2.11. The Morgan fingerprint density at radius 1 is 1.14 bits per heavy atom. The fourth-order valence-electron chi connectivity index (χ4n) is 1.65. The van der Waals surface area contributed by atoms with Gasteiger partial charge < -0.3 is 10.6 Å². The van der Waals surface area contributed by atoms with Crippen LogP contribution < -0.4 is 10.6 Å². The van der Waals surface area contributed by atoms with Crippen LogP contribution in [0.1, 0.15) is 18.9 Å². The molecule has 7 heteroatoms. The summed E-state index contributed by atoms with van der Waals surface area (Å²) in [6.45, 7) is 2.82. The van der Waals surface area contributed by atoms with Crippen molar-refractivity contribution in [2.45, 2.75) is 19.8 Å². The fourth-order valence-corrected chi connectivity index (χ4v) is 1.81. The normalized spacial score (nSPS) is 9.95. The molecule has 1 heterocycles. The van der Waals surface area contributed by atoms with E-state index >= 15 is 0 Å². The number of nitrogens with zero attached hydrogens (tertiary/aromatic N) is 4. The molecule has 21 heavy (non-hydrogen) atoms. The molecule has 0 bridgehead atoms. The van der Waals surface area contributed by atoms with Crippen LogP contribution in [0, 0.1) is 11.3 Å². The summed E-state index contributed by atoms with van der Waals surface area (Å²) < 4.78 is 0. The van der Waals surface area contributed by atoms with Crippen molar-refractivity contribution < 1.29 is 0 Å². The third-order valence-electron chi connectivity index (χ3n) is 2.63. The highest BCUT2D eigenvalue weighted by Crippen LogP contribution is 2.16. The third kappa shape index (κ3) is 4.58. The van der Waals surface area contributed by atoms with Gasteiger partial charge in [0, 0.05) is 12.2 Å². The first-order chi connectivity index (χ1) is 10.2. The van der Waals surface area contributed by atoms with Crippen LogP contribution in [0.15, 0.2) is 24.3 Å². The van der Waals surface area contributed by atoms with Crippen LogP contribution in [0.3, 0.4) is 0 Å². The lowest BCUT2D eigenvalue weighted by Gasteiger charge is -2.08. The van der Waals surface area contributed by atoms with Crippen molar-refractivity contribution in [2.75, 3.05) is 17.2 Å². The molecule has 0 aliphatic carbocycles. The highest BCUT2D eigenvalue weighted by molar-refractivity contribution is 6.28. The van der Waals surface area contributed by atoms with Gasteiger partial charge in [0.05, 0.1) is 12.5 Å². The number of nitrogens with one attached hydrogen (secondary N) is 2. The molecule has 0 saturated heterocycles. The minimum absolute atomic E-state index is 0.132. The molecule has 0 aliphatic rings. The van der Waals surface area contributed by atoms with Crippen LogP contribution in [0.2, 0.25) is 5.28 Å². The molecule has 2 N–H and O–H groups in total. The molecular weight excluding hydrogens is 288 g/mol. The van der Waals surface area contributed by atoms with E-state index in [9.17, 15) is 0 Å². The molecule has 0 amide bonds. The Morgan fingerprint density at radius 2 is 1.86 bits per heavy atom. The first-order valence-electron chi connectivity index (χ1n) is 6.59. The van der Waals surface area contributed by atoms with Crippen molar-refractivity contribution in [1.29, 1.82) is 5.26 Å². The van der Waals surface area contributed by atoms with Gasteiger partial charge in [-0.1, -0.05) is 19.1 Å². The summed E-state index contributed by atoms with van der Waals surface area (Å²) in [6.07, 6.45) is 1.36. The van der Waals surface area contributed by atoms with Crippen molar-refractivity contribution in [1.82, 2.24) is 15.0 Å². The molecule has 0 spiro atoms. The van der Waals surface area contributed by atoms with E-state index in [0.717, 1.165) is 24.2 Å². The second-order valence-corrected chi connectivity index (χ2v) is 4.67. The molecule has 1 aromatic carbocycles. The van der Waals surface area contributed by atoms with Gasteiger partial charge in [0.1, 0.15) is 0 Å². The van der Waals surface area contributed by atoms with Crippen LogP contribution in [0.4, 0.5) is 17.6 Å². The van der Waals surface area contributed by atoms with E-state index in [1.807, 2.05) is 24.3 Å². The molecule has 0 aliphatic heterocycles. The van der Waals surface area contributed by atoms with E-state index in [0.29, 0.717) is 18.3 Å². The van der Waals surface area contributed by atoms with Crippen molar-refractivity contribution >= 4 is 29.2 Å². The van der Waals surface area contributed by atoms with Crippen LogP contribution in [0.25, 0.3) is 0 Å². The van der Waals surface area contributed by atoms with Crippen molar-refractivity contribution in [3.05, 3.63) is 35.1 Å². The Morgan fingerprint density at radius 3 is 2.52 bits per heavy atom. The van der Waals surface area contributed by atoms with Gasteiger partial charge in [-0.3, -0.25) is 0 Å². The summed E-state index contributed by atoms with van der Waals surface area (Å²) in [5.74, 6) is 0.821. The molecule has 0 atom stereocenters. The van der Waals surface area contributed by atoms with Gasteiger partial charge in [0.15, 0.2) is 0 Å². The summed E-state index contributed by atoms with van der Waals surface area (Å²) in [5.41, 5.74) is 1.78. The summed E-state index contributed by atoms with van der Waals surface area (Å²) in [6, 6.07) is 9.60. The highest BCUT2D eigenvalue weighted by atomic mass is 35.5. The minimum Gasteiger partial charge on any atom is -0.354 e. The van der Waals surface area contributed by atoms with Gasteiger partial charge >= 0.3 is 0 Å². The Bertz CT molecular complexity index is 635. The smallest absolute Gasteiger partial charge is 0.233 e. The van der Waals surface area contributed by atoms with E-state index in [-0.39, 0.29) is 5.28 Å². The monoisotopic (exact) mass is 302 g/mol. The fraction of sp³-hybridized carbons (Fsp3) is 0.286. The zero-order chi connectivity index (χ0) is 15.1. The first kappa shape index (κ1) is 15.0. The standard InChI is InChI=1S/C14H15ClN6/c1-2-9-17-13-19-12(15)20-14(21-13)18-11-5-3-10(4-6-11)7-8-16/h3-6H,2,7,9H2,1H3,(H2,17,18,19,20,21). The summed E-state index contributed by atoms with van der Waals surface area (Å²) in [4.78, 5) is 12.3. The molecule has 2 rings (SSSR count). The van der Waals surface area contributed by atoms with Gasteiger partial charge in [-0.15, -0.1) is 0 Å². The molecule has 6 nitrogen and oxygen atoms in total. The number of rotatable bonds is 6. The largest absolute Gasteiger partial charge is 0.354 e. The van der Waals surface area contributed by atoms with Gasteiger partial charge in [-0.2, -0.15) is 20.2 Å². The Labute approximate surface area is 128 Å². The van der Waals surface area contributed by atoms with Gasteiger partial charge in [-0.25, -0.2) is 0 Å². The lowest BCUT2D eigenvalue weighted by atomic mass is 10.1. The maximum Gasteiger partial charge on any atom is 0.233 e. The predicted octanol–water partition coefficient (Wildman–Crippen LogP) is 3.16. The number of nitriles is 1. The predicted molar refractivity (Wildman–Crippen MR) is 82.7 cm³/mol. The molecule has 0 unspecified atom stereocenters. The maximum absolute atomic E-state index is 8.64. The molecule has 0 saturated carbocycles. The van der Waals surface area contributed by atoms with Gasteiger partial charge in [-0.05, 0) is 35.7 Å². The Kier molecular flexibility index (Phi) is 5.29. The molecule has 1 aromatic heterocycles. The summed E-state index contributed by atoms with van der Waals surface area (Å²) in [5, 5.41) is 14.9. The van der Waals surface area contributed by atoms with E-state index in [1.54, 1.807) is 0 Å². The molecule has 0 fully saturated rings. The van der Waals surface area contributed by atoms with Crippen molar-refractivity contribution in [2.24, 2.45) is 0 Å². The second-order valence-electron chi connectivity index (χ2n) is 4.34. The van der Waals surface area contributed by atoms with Crippen LogP contribution in [-0.2, 0) is 6.42 Å². The lowest BCUT2D eigenvalue weighted by Crippen LogP contribution is -2.07. The maximum atomic E-state index is 8.64. The SMILES string of the molecule is CCCNc1nc(Cl)nc(Nc2ccc(CC#N)cc2)n1.